The third-order valence-corrected chi connectivity index (χ3v) is 5.59. The minimum atomic E-state index is -0.346. The highest BCUT2D eigenvalue weighted by Crippen LogP contribution is 2.31. The van der Waals surface area contributed by atoms with E-state index in [-0.39, 0.29) is 23.5 Å². The van der Waals surface area contributed by atoms with E-state index in [2.05, 4.69) is 49.5 Å². The molecule has 0 amide bonds. The van der Waals surface area contributed by atoms with E-state index in [1.165, 1.54) is 6.33 Å². The van der Waals surface area contributed by atoms with Crippen LogP contribution in [-0.2, 0) is 9.53 Å². The first kappa shape index (κ1) is 32.4. The van der Waals surface area contributed by atoms with Crippen molar-refractivity contribution < 1.29 is 14.3 Å². The van der Waals surface area contributed by atoms with Gasteiger partial charge in [0.05, 0.1) is 19.1 Å². The quantitative estimate of drug-likeness (QED) is 0.247. The molecule has 4 aromatic rings. The molecule has 0 aliphatic heterocycles. The molecule has 1 aromatic carbocycles. The van der Waals surface area contributed by atoms with Crippen molar-refractivity contribution in [3.8, 4) is 27.7 Å². The predicted molar refractivity (Wildman–Crippen MR) is 159 cm³/mol. The van der Waals surface area contributed by atoms with Gasteiger partial charge >= 0.3 is 5.97 Å². The van der Waals surface area contributed by atoms with Gasteiger partial charge in [0.2, 0.25) is 5.95 Å². The van der Waals surface area contributed by atoms with E-state index in [4.69, 9.17) is 9.47 Å². The smallest absolute Gasteiger partial charge is 0.308 e. The first-order chi connectivity index (χ1) is 18.8. The molecule has 0 radical (unpaired) electrons. The number of rotatable bonds is 7. The molecule has 12 heteroatoms. The second kappa shape index (κ2) is 15.1. The van der Waals surface area contributed by atoms with Crippen molar-refractivity contribution in [2.45, 2.75) is 80.0 Å². The van der Waals surface area contributed by atoms with Gasteiger partial charge in [-0.15, -0.1) is 16.4 Å². The fourth-order valence-electron chi connectivity index (χ4n) is 2.95. The van der Waals surface area contributed by atoms with E-state index >= 15 is 0 Å². The molecule has 0 aliphatic rings. The Balaban J connectivity index is 0.000000246. The number of hydrogen-bond donors (Lipinski definition) is 2. The van der Waals surface area contributed by atoms with E-state index in [0.29, 0.717) is 6.04 Å². The summed E-state index contributed by atoms with van der Waals surface area (Å²) in [5.74, 6) is 1.39. The summed E-state index contributed by atoms with van der Waals surface area (Å²) in [4.78, 5) is 20.9. The lowest BCUT2D eigenvalue weighted by Gasteiger charge is -2.20. The largest absolute Gasteiger partial charge is 0.497 e. The van der Waals surface area contributed by atoms with Crippen molar-refractivity contribution in [3.05, 3.63) is 42.2 Å². The second-order valence-electron chi connectivity index (χ2n) is 10.7. The summed E-state index contributed by atoms with van der Waals surface area (Å²) in [6, 6.07) is 8.44. The first-order valence-corrected chi connectivity index (χ1v) is 14.0. The molecule has 0 fully saturated rings. The van der Waals surface area contributed by atoms with Crippen LogP contribution >= 0.6 is 11.3 Å². The zero-order valence-corrected chi connectivity index (χ0v) is 25.9. The van der Waals surface area contributed by atoms with Gasteiger partial charge in [0, 0.05) is 23.2 Å². The number of benzene rings is 1. The third kappa shape index (κ3) is 10.8. The molecule has 11 nitrogen and oxygen atoms in total. The Morgan fingerprint density at radius 3 is 2.08 bits per heavy atom. The van der Waals surface area contributed by atoms with Gasteiger partial charge in [-0.05, 0) is 72.7 Å². The zero-order chi connectivity index (χ0) is 29.9. The number of H-pyrrole nitrogens is 1. The van der Waals surface area contributed by atoms with Crippen LogP contribution in [0, 0.1) is 5.92 Å². The number of nitrogens with zero attached hydrogens (tertiary/aromatic N) is 6. The average Bonchev–Trinajstić information content (AvgIpc) is 3.65. The number of carbonyl (C=O) groups is 1. The number of hydrogen-bond acceptors (Lipinski definition) is 10. The number of carbonyl (C=O) groups excluding carboxylic acids is 1. The molecule has 0 unspecified atom stereocenters. The van der Waals surface area contributed by atoms with Crippen molar-refractivity contribution >= 4 is 23.3 Å². The molecule has 0 spiro atoms. The first-order valence-electron chi connectivity index (χ1n) is 13.2. The molecule has 0 atom stereocenters. The van der Waals surface area contributed by atoms with Gasteiger partial charge in [0.25, 0.3) is 0 Å². The van der Waals surface area contributed by atoms with Crippen LogP contribution < -0.4 is 10.1 Å². The van der Waals surface area contributed by atoms with Crippen molar-refractivity contribution in [3.63, 3.8) is 0 Å². The molecular formula is C28H42N8O3S. The summed E-state index contributed by atoms with van der Waals surface area (Å²) >= 11 is 1.57. The van der Waals surface area contributed by atoms with Gasteiger partial charge in [-0.1, -0.05) is 13.8 Å². The van der Waals surface area contributed by atoms with Gasteiger partial charge in [-0.25, -0.2) is 15.1 Å². The summed E-state index contributed by atoms with van der Waals surface area (Å²) in [7, 11) is 1.66. The Hall–Kier alpha value is -3.80. The molecular weight excluding hydrogens is 528 g/mol. The Labute approximate surface area is 240 Å². The predicted octanol–water partition coefficient (Wildman–Crippen LogP) is 6.27. The van der Waals surface area contributed by atoms with Crippen molar-refractivity contribution in [2.24, 2.45) is 5.92 Å². The van der Waals surface area contributed by atoms with Crippen LogP contribution in [0.2, 0.25) is 0 Å². The summed E-state index contributed by atoms with van der Waals surface area (Å²) in [6.07, 6.45) is 3.26. The minimum Gasteiger partial charge on any atom is -0.497 e. The van der Waals surface area contributed by atoms with Gasteiger partial charge in [0.1, 0.15) is 34.1 Å². The molecule has 0 saturated heterocycles. The van der Waals surface area contributed by atoms with Gasteiger partial charge in [0.15, 0.2) is 0 Å². The monoisotopic (exact) mass is 570 g/mol. The number of methoxy groups -OCH3 is 1. The number of aromatic nitrogens is 7. The minimum absolute atomic E-state index is 0.0285. The van der Waals surface area contributed by atoms with Crippen LogP contribution in [0.3, 0.4) is 0 Å². The third-order valence-electron chi connectivity index (χ3n) is 4.81. The van der Waals surface area contributed by atoms with E-state index in [9.17, 15) is 4.79 Å². The normalized spacial score (nSPS) is 11.0. The van der Waals surface area contributed by atoms with E-state index in [1.807, 2.05) is 78.1 Å². The van der Waals surface area contributed by atoms with Gasteiger partial charge in [-0.3, -0.25) is 4.79 Å². The highest BCUT2D eigenvalue weighted by molar-refractivity contribution is 7.13. The molecule has 2 N–H and O–H groups in total. The highest BCUT2D eigenvalue weighted by atomic mass is 32.1. The van der Waals surface area contributed by atoms with Crippen LogP contribution in [0.15, 0.2) is 42.2 Å². The number of anilines is 1. The lowest BCUT2D eigenvalue weighted by Crippen LogP contribution is -2.26. The maximum Gasteiger partial charge on any atom is 0.308 e. The van der Waals surface area contributed by atoms with Gasteiger partial charge in [-0.2, -0.15) is 15.0 Å². The number of esters is 1. The fourth-order valence-corrected chi connectivity index (χ4v) is 3.57. The van der Waals surface area contributed by atoms with Crippen LogP contribution in [-0.4, -0.2) is 59.9 Å². The van der Waals surface area contributed by atoms with E-state index in [0.717, 1.165) is 33.7 Å². The van der Waals surface area contributed by atoms with Crippen molar-refractivity contribution in [1.29, 1.82) is 0 Å². The van der Waals surface area contributed by atoms with Crippen LogP contribution in [0.1, 0.15) is 68.4 Å². The molecule has 0 bridgehead atoms. The molecule has 3 heterocycles. The molecule has 3 aromatic heterocycles. The van der Waals surface area contributed by atoms with E-state index < -0.39 is 0 Å². The average molecular weight is 571 g/mol. The second-order valence-corrected chi connectivity index (χ2v) is 11.6. The Morgan fingerprint density at radius 1 is 1.00 bits per heavy atom. The molecule has 218 valence electrons. The highest BCUT2D eigenvalue weighted by Gasteiger charge is 2.19. The SMILES string of the molecule is CC(C)C(=O)OC(C)(C)C.CC(C)Nc1ncn[nH]1.COc1ccc(-c2nn(C(C)C)nc2-c2nccs2)cc1. The summed E-state index contributed by atoms with van der Waals surface area (Å²) in [5.41, 5.74) is 2.33. The van der Waals surface area contributed by atoms with E-state index in [1.54, 1.807) is 29.4 Å². The van der Waals surface area contributed by atoms with Crippen molar-refractivity contribution in [1.82, 2.24) is 35.2 Å². The fraction of sp³-hybridized carbons (Fsp3) is 0.500. The summed E-state index contributed by atoms with van der Waals surface area (Å²) in [6.45, 7) is 17.5. The molecule has 0 saturated carbocycles. The maximum atomic E-state index is 10.9. The lowest BCUT2D eigenvalue weighted by atomic mass is 10.1. The van der Waals surface area contributed by atoms with Crippen LogP contribution in [0.5, 0.6) is 5.75 Å². The number of ether oxygens (including phenoxy) is 2. The molecule has 40 heavy (non-hydrogen) atoms. The number of aromatic amines is 1. The Morgan fingerprint density at radius 2 is 1.65 bits per heavy atom. The topological polar surface area (TPSA) is 133 Å². The molecule has 4 rings (SSSR count). The van der Waals surface area contributed by atoms with Crippen LogP contribution in [0.25, 0.3) is 22.0 Å². The zero-order valence-electron chi connectivity index (χ0n) is 25.1. The van der Waals surface area contributed by atoms with Crippen molar-refractivity contribution in [2.75, 3.05) is 12.4 Å². The summed E-state index contributed by atoms with van der Waals surface area (Å²) in [5, 5.41) is 21.5. The van der Waals surface area contributed by atoms with Gasteiger partial charge < -0.3 is 14.8 Å². The van der Waals surface area contributed by atoms with Crippen LogP contribution in [0.4, 0.5) is 5.95 Å². The number of nitrogens with one attached hydrogen (secondary N) is 2. The Bertz CT molecular complexity index is 1260. The lowest BCUT2D eigenvalue weighted by molar-refractivity contribution is -0.158. The Kier molecular flexibility index (Phi) is 12.2. The maximum absolute atomic E-state index is 10.9. The number of thiazole rings is 1. The molecule has 0 aliphatic carbocycles. The standard InChI is InChI=1S/C15H16N4OS.C8H16O2.C5H10N4/c1-10(2)19-17-13(11-4-6-12(20-3)7-5-11)14(18-19)15-16-8-9-21-15;1-6(2)7(9)10-8(3,4)5;1-4(2)8-5-6-3-7-9-5/h4-10H,1-3H3;6H,1-5H3;3-4H,1-2H3,(H2,6,7,8,9). The summed E-state index contributed by atoms with van der Waals surface area (Å²) < 4.78 is 10.3.